The number of aromatic nitrogens is 2. The average molecular weight is 294 g/mol. The minimum Gasteiger partial charge on any atom is -0.312 e. The molecular weight excluding hydrogens is 278 g/mol. The molecule has 0 aliphatic rings. The Morgan fingerprint density at radius 2 is 2.06 bits per heavy atom. The summed E-state index contributed by atoms with van der Waals surface area (Å²) in [6.45, 7) is 2.10. The number of aryl methyl sites for hydroxylation is 1. The smallest absolute Gasteiger partial charge is 0.0797 e. The van der Waals surface area contributed by atoms with Gasteiger partial charge < -0.3 is 5.32 Å². The molecule has 4 heteroatoms. The lowest BCUT2D eigenvalue weighted by Crippen LogP contribution is -2.13. The summed E-state index contributed by atoms with van der Waals surface area (Å²) in [7, 11) is 3.91. The summed E-state index contributed by atoms with van der Waals surface area (Å²) in [6, 6.07) is 10.6. The molecule has 3 nitrogen and oxygen atoms in total. The lowest BCUT2D eigenvalue weighted by Gasteiger charge is -2.04. The van der Waals surface area contributed by atoms with Crippen molar-refractivity contribution in [2.24, 2.45) is 7.05 Å². The van der Waals surface area contributed by atoms with E-state index in [1.165, 1.54) is 0 Å². The van der Waals surface area contributed by atoms with Gasteiger partial charge in [-0.3, -0.25) is 4.68 Å². The third-order valence-corrected chi connectivity index (χ3v) is 3.62. The number of rotatable bonds is 3. The number of nitrogens with one attached hydrogen (secondary N) is 1. The number of hydrogen-bond donors (Lipinski definition) is 1. The molecule has 0 saturated heterocycles. The maximum atomic E-state index is 4.53. The van der Waals surface area contributed by atoms with Gasteiger partial charge in [0.15, 0.2) is 0 Å². The zero-order valence-electron chi connectivity index (χ0n) is 10.2. The highest BCUT2D eigenvalue weighted by atomic mass is 79.9. The fraction of sp³-hybridized carbons (Fsp3) is 0.308. The third kappa shape index (κ3) is 2.42. The first-order chi connectivity index (χ1) is 8.13. The lowest BCUT2D eigenvalue weighted by molar-refractivity contribution is 0.612. The summed E-state index contributed by atoms with van der Waals surface area (Å²) < 4.78 is 3.01. The molecule has 1 aromatic carbocycles. The number of nitrogens with zero attached hydrogens (tertiary/aromatic N) is 2. The van der Waals surface area contributed by atoms with Gasteiger partial charge in [0, 0.05) is 23.1 Å². The largest absolute Gasteiger partial charge is 0.312 e. The van der Waals surface area contributed by atoms with Crippen molar-refractivity contribution >= 4 is 15.9 Å². The summed E-state index contributed by atoms with van der Waals surface area (Å²) in [5.41, 5.74) is 3.34. The Morgan fingerprint density at radius 3 is 2.71 bits per heavy atom. The van der Waals surface area contributed by atoms with Gasteiger partial charge in [-0.1, -0.05) is 34.1 Å². The molecule has 0 aliphatic carbocycles. The maximum Gasteiger partial charge on any atom is 0.0797 e. The predicted octanol–water partition coefficient (Wildman–Crippen LogP) is 3.13. The monoisotopic (exact) mass is 293 g/mol. The highest BCUT2D eigenvalue weighted by molar-refractivity contribution is 9.10. The van der Waals surface area contributed by atoms with Gasteiger partial charge in [0.25, 0.3) is 0 Å². The molecule has 0 bridgehead atoms. The molecular formula is C13H16BrN3. The zero-order valence-corrected chi connectivity index (χ0v) is 11.8. The van der Waals surface area contributed by atoms with Gasteiger partial charge in [-0.15, -0.1) is 0 Å². The van der Waals surface area contributed by atoms with E-state index in [2.05, 4.69) is 45.4 Å². The van der Waals surface area contributed by atoms with Crippen molar-refractivity contribution in [3.63, 3.8) is 0 Å². The Kier molecular flexibility index (Phi) is 3.64. The van der Waals surface area contributed by atoms with Crippen LogP contribution in [0.5, 0.6) is 0 Å². The van der Waals surface area contributed by atoms with Crippen LogP contribution in [0.25, 0.3) is 11.3 Å². The van der Waals surface area contributed by atoms with Crippen LogP contribution < -0.4 is 5.32 Å². The topological polar surface area (TPSA) is 29.9 Å². The molecule has 0 saturated carbocycles. The lowest BCUT2D eigenvalue weighted by atomic mass is 10.1. The minimum atomic E-state index is 0.262. The highest BCUT2D eigenvalue weighted by Crippen LogP contribution is 2.29. The Labute approximate surface area is 110 Å². The number of halogens is 1. The molecule has 2 rings (SSSR count). The Balaban J connectivity index is 2.47. The quantitative estimate of drug-likeness (QED) is 0.942. The van der Waals surface area contributed by atoms with Crippen LogP contribution in [0.2, 0.25) is 0 Å². The van der Waals surface area contributed by atoms with Crippen molar-refractivity contribution in [3.8, 4) is 11.3 Å². The van der Waals surface area contributed by atoms with Gasteiger partial charge in [-0.25, -0.2) is 0 Å². The van der Waals surface area contributed by atoms with Crippen LogP contribution in [0.4, 0.5) is 0 Å². The molecule has 1 heterocycles. The van der Waals surface area contributed by atoms with Crippen LogP contribution in [-0.4, -0.2) is 16.8 Å². The van der Waals surface area contributed by atoms with Crippen molar-refractivity contribution in [3.05, 3.63) is 40.5 Å². The first kappa shape index (κ1) is 12.3. The fourth-order valence-electron chi connectivity index (χ4n) is 1.77. The van der Waals surface area contributed by atoms with E-state index >= 15 is 0 Å². The van der Waals surface area contributed by atoms with Crippen molar-refractivity contribution in [2.45, 2.75) is 13.0 Å². The number of benzene rings is 1. The van der Waals surface area contributed by atoms with Crippen LogP contribution in [-0.2, 0) is 7.05 Å². The molecule has 90 valence electrons. The third-order valence-electron chi connectivity index (χ3n) is 2.93. The normalized spacial score (nSPS) is 12.7. The molecule has 1 atom stereocenters. The molecule has 0 aliphatic heterocycles. The average Bonchev–Trinajstić information content (AvgIpc) is 2.71. The van der Waals surface area contributed by atoms with Gasteiger partial charge in [0.2, 0.25) is 0 Å². The summed E-state index contributed by atoms with van der Waals surface area (Å²) in [5, 5.41) is 7.73. The van der Waals surface area contributed by atoms with Crippen LogP contribution in [0, 0.1) is 0 Å². The first-order valence-electron chi connectivity index (χ1n) is 5.59. The Morgan fingerprint density at radius 1 is 1.35 bits per heavy atom. The van der Waals surface area contributed by atoms with Gasteiger partial charge in [-0.05, 0) is 26.1 Å². The van der Waals surface area contributed by atoms with Gasteiger partial charge in [0.05, 0.1) is 11.4 Å². The van der Waals surface area contributed by atoms with E-state index < -0.39 is 0 Å². The van der Waals surface area contributed by atoms with Crippen LogP contribution in [0.3, 0.4) is 0 Å². The Hall–Kier alpha value is -1.13. The van der Waals surface area contributed by atoms with Crippen LogP contribution >= 0.6 is 15.9 Å². The predicted molar refractivity (Wildman–Crippen MR) is 73.8 cm³/mol. The van der Waals surface area contributed by atoms with E-state index in [0.29, 0.717) is 0 Å². The standard InChI is InChI=1S/C13H16BrN3/c1-9(15-2)12-8-13(17(3)16-12)10-6-4-5-7-11(10)14/h4-9,15H,1-3H3. The van der Waals surface area contributed by atoms with E-state index in [4.69, 9.17) is 0 Å². The van der Waals surface area contributed by atoms with E-state index in [9.17, 15) is 0 Å². The summed E-state index contributed by atoms with van der Waals surface area (Å²) in [5.74, 6) is 0. The second kappa shape index (κ2) is 5.02. The summed E-state index contributed by atoms with van der Waals surface area (Å²) in [4.78, 5) is 0. The summed E-state index contributed by atoms with van der Waals surface area (Å²) >= 11 is 3.57. The highest BCUT2D eigenvalue weighted by Gasteiger charge is 2.13. The molecule has 17 heavy (non-hydrogen) atoms. The SMILES string of the molecule is CNC(C)c1cc(-c2ccccc2Br)n(C)n1. The van der Waals surface area contributed by atoms with E-state index in [1.54, 1.807) is 0 Å². The summed E-state index contributed by atoms with van der Waals surface area (Å²) in [6.07, 6.45) is 0. The molecule has 0 amide bonds. The molecule has 1 aromatic heterocycles. The van der Waals surface area contributed by atoms with Crippen molar-refractivity contribution < 1.29 is 0 Å². The van der Waals surface area contributed by atoms with Crippen LogP contribution in [0.1, 0.15) is 18.7 Å². The second-order valence-electron chi connectivity index (χ2n) is 4.07. The number of hydrogen-bond acceptors (Lipinski definition) is 2. The van der Waals surface area contributed by atoms with E-state index in [0.717, 1.165) is 21.4 Å². The Bertz CT molecular complexity index is 519. The maximum absolute atomic E-state index is 4.53. The van der Waals surface area contributed by atoms with Crippen molar-refractivity contribution in [2.75, 3.05) is 7.05 Å². The molecule has 0 radical (unpaired) electrons. The van der Waals surface area contributed by atoms with Crippen LogP contribution in [0.15, 0.2) is 34.8 Å². The second-order valence-corrected chi connectivity index (χ2v) is 4.92. The fourth-order valence-corrected chi connectivity index (χ4v) is 2.26. The minimum absolute atomic E-state index is 0.262. The van der Waals surface area contributed by atoms with Crippen molar-refractivity contribution in [1.29, 1.82) is 0 Å². The van der Waals surface area contributed by atoms with E-state index in [1.807, 2.05) is 37.0 Å². The molecule has 0 fully saturated rings. The first-order valence-corrected chi connectivity index (χ1v) is 6.39. The van der Waals surface area contributed by atoms with Gasteiger partial charge >= 0.3 is 0 Å². The van der Waals surface area contributed by atoms with Crippen molar-refractivity contribution in [1.82, 2.24) is 15.1 Å². The van der Waals surface area contributed by atoms with Gasteiger partial charge in [-0.2, -0.15) is 5.10 Å². The van der Waals surface area contributed by atoms with E-state index in [-0.39, 0.29) is 6.04 Å². The molecule has 2 aromatic rings. The molecule has 0 spiro atoms. The molecule has 1 unspecified atom stereocenters. The molecule has 1 N–H and O–H groups in total. The van der Waals surface area contributed by atoms with Gasteiger partial charge in [0.1, 0.15) is 0 Å². The zero-order chi connectivity index (χ0) is 12.4.